The van der Waals surface area contributed by atoms with Crippen LogP contribution in [0.3, 0.4) is 0 Å². The summed E-state index contributed by atoms with van der Waals surface area (Å²) >= 11 is 0. The van der Waals surface area contributed by atoms with Gasteiger partial charge in [0.05, 0.1) is 17.7 Å². The molecule has 2 N–H and O–H groups in total. The highest BCUT2D eigenvalue weighted by molar-refractivity contribution is 5.91. The number of aliphatic hydroxyl groups is 1. The van der Waals surface area contributed by atoms with Crippen molar-refractivity contribution in [1.29, 1.82) is 0 Å². The molecule has 146 valence electrons. The van der Waals surface area contributed by atoms with Crippen molar-refractivity contribution in [2.75, 3.05) is 18.0 Å². The van der Waals surface area contributed by atoms with Crippen molar-refractivity contribution in [2.24, 2.45) is 17.8 Å². The molecule has 0 bridgehead atoms. The molecule has 1 aliphatic heterocycles. The number of amides is 1. The van der Waals surface area contributed by atoms with Crippen LogP contribution in [0.15, 0.2) is 48.7 Å². The molecule has 4 atom stereocenters. The van der Waals surface area contributed by atoms with Crippen LogP contribution in [-0.2, 0) is 4.79 Å². The third kappa shape index (κ3) is 3.18. The van der Waals surface area contributed by atoms with Crippen molar-refractivity contribution in [3.05, 3.63) is 48.7 Å². The number of nitrogens with zero attached hydrogens (tertiary/aromatic N) is 2. The lowest BCUT2D eigenvalue weighted by Crippen LogP contribution is -2.50. The minimum absolute atomic E-state index is 0.0492. The number of nitrogens with one attached hydrogen (secondary N) is 1. The Hall–Kier alpha value is -2.40. The maximum absolute atomic E-state index is 12.5. The summed E-state index contributed by atoms with van der Waals surface area (Å²) in [6.45, 7) is 1.94. The van der Waals surface area contributed by atoms with Crippen molar-refractivity contribution >= 4 is 22.5 Å². The molecule has 2 fully saturated rings. The van der Waals surface area contributed by atoms with Gasteiger partial charge in [0, 0.05) is 36.3 Å². The van der Waals surface area contributed by atoms with Crippen molar-refractivity contribution in [3.8, 4) is 0 Å². The summed E-state index contributed by atoms with van der Waals surface area (Å²) in [6, 6.07) is 10.2. The Labute approximate surface area is 165 Å². The number of aromatic nitrogens is 1. The molecule has 28 heavy (non-hydrogen) atoms. The molecule has 1 aromatic heterocycles. The number of pyridine rings is 1. The smallest absolute Gasteiger partial charge is 0.224 e. The standard InChI is InChI=1S/C23H27N3O2/c27-22-12-17-14-26(21-9-10-24-19-8-4-3-7-18(19)21)13-16(17)11-20(22)25-23(28)15-5-1-2-6-15/h1-4,7-10,15-17,20,22,27H,5-6,11-14H2,(H,25,28)/t16-,17+,20-,22-/m0/s1. The predicted molar refractivity (Wildman–Crippen MR) is 110 cm³/mol. The zero-order chi connectivity index (χ0) is 19.1. The SMILES string of the molecule is O=C(N[C@H]1C[C@H]2CN(c3ccnc4ccccc34)C[C@H]2C[C@@H]1O)C1CC=CC1. The number of aliphatic hydroxyl groups excluding tert-OH is 1. The van der Waals surface area contributed by atoms with E-state index in [1.807, 2.05) is 12.3 Å². The van der Waals surface area contributed by atoms with Crippen LogP contribution >= 0.6 is 0 Å². The number of rotatable bonds is 3. The van der Waals surface area contributed by atoms with Crippen LogP contribution in [0.1, 0.15) is 25.7 Å². The van der Waals surface area contributed by atoms with Gasteiger partial charge in [0.15, 0.2) is 0 Å². The van der Waals surface area contributed by atoms with Crippen molar-refractivity contribution in [2.45, 2.75) is 37.8 Å². The Kier molecular flexibility index (Phi) is 4.55. The monoisotopic (exact) mass is 377 g/mol. The number of hydrogen-bond donors (Lipinski definition) is 2. The Morgan fingerprint density at radius 1 is 1.07 bits per heavy atom. The minimum Gasteiger partial charge on any atom is -0.391 e. The summed E-state index contributed by atoms with van der Waals surface area (Å²) < 4.78 is 0. The lowest BCUT2D eigenvalue weighted by atomic mass is 9.77. The molecule has 1 aromatic carbocycles. The Balaban J connectivity index is 1.30. The lowest BCUT2D eigenvalue weighted by molar-refractivity contribution is -0.127. The van der Waals surface area contributed by atoms with Gasteiger partial charge < -0.3 is 15.3 Å². The van der Waals surface area contributed by atoms with Gasteiger partial charge in [-0.05, 0) is 49.7 Å². The first-order valence-corrected chi connectivity index (χ1v) is 10.4. The third-order valence-corrected chi connectivity index (χ3v) is 6.81. The van der Waals surface area contributed by atoms with E-state index in [9.17, 15) is 9.90 Å². The highest BCUT2D eigenvalue weighted by atomic mass is 16.3. The highest BCUT2D eigenvalue weighted by Crippen LogP contribution is 2.40. The van der Waals surface area contributed by atoms with Crippen molar-refractivity contribution < 1.29 is 9.90 Å². The van der Waals surface area contributed by atoms with E-state index in [0.29, 0.717) is 11.8 Å². The van der Waals surface area contributed by atoms with E-state index in [1.54, 1.807) is 0 Å². The maximum Gasteiger partial charge on any atom is 0.224 e. The molecule has 2 aliphatic carbocycles. The molecule has 2 heterocycles. The van der Waals surface area contributed by atoms with Crippen LogP contribution in [0.4, 0.5) is 5.69 Å². The fourth-order valence-corrected chi connectivity index (χ4v) is 5.27. The van der Waals surface area contributed by atoms with E-state index in [2.05, 4.69) is 51.6 Å². The van der Waals surface area contributed by atoms with Crippen LogP contribution in [-0.4, -0.2) is 41.2 Å². The van der Waals surface area contributed by atoms with Crippen molar-refractivity contribution in [1.82, 2.24) is 10.3 Å². The summed E-state index contributed by atoms with van der Waals surface area (Å²) in [5, 5.41) is 15.0. The first-order valence-electron chi connectivity index (χ1n) is 10.4. The molecule has 1 saturated carbocycles. The first kappa shape index (κ1) is 17.7. The zero-order valence-corrected chi connectivity index (χ0v) is 16.0. The second-order valence-corrected chi connectivity index (χ2v) is 8.57. The van der Waals surface area contributed by atoms with Gasteiger partial charge in [-0.15, -0.1) is 0 Å². The number of para-hydroxylation sites is 1. The minimum atomic E-state index is -0.450. The summed E-state index contributed by atoms with van der Waals surface area (Å²) in [7, 11) is 0. The third-order valence-electron chi connectivity index (χ3n) is 6.81. The topological polar surface area (TPSA) is 65.5 Å². The average Bonchev–Trinajstić information content (AvgIpc) is 3.37. The van der Waals surface area contributed by atoms with Gasteiger partial charge in [-0.25, -0.2) is 0 Å². The van der Waals surface area contributed by atoms with E-state index in [1.165, 1.54) is 11.1 Å². The van der Waals surface area contributed by atoms with Crippen LogP contribution in [0, 0.1) is 17.8 Å². The second-order valence-electron chi connectivity index (χ2n) is 8.57. The normalized spacial score (nSPS) is 30.0. The number of fused-ring (bicyclic) bond motifs is 2. The lowest BCUT2D eigenvalue weighted by Gasteiger charge is -2.36. The second kappa shape index (κ2) is 7.21. The van der Waals surface area contributed by atoms with Gasteiger partial charge >= 0.3 is 0 Å². The Bertz CT molecular complexity index is 898. The van der Waals surface area contributed by atoms with Gasteiger partial charge in [-0.2, -0.15) is 0 Å². The van der Waals surface area contributed by atoms with Gasteiger partial charge in [0.25, 0.3) is 0 Å². The van der Waals surface area contributed by atoms with Gasteiger partial charge in [0.2, 0.25) is 5.91 Å². The predicted octanol–water partition coefficient (Wildman–Crippen LogP) is 2.89. The van der Waals surface area contributed by atoms with E-state index >= 15 is 0 Å². The molecule has 3 aliphatic rings. The molecule has 0 radical (unpaired) electrons. The van der Waals surface area contributed by atoms with Gasteiger partial charge in [-0.3, -0.25) is 9.78 Å². The molecule has 5 nitrogen and oxygen atoms in total. The van der Waals surface area contributed by atoms with Crippen LogP contribution < -0.4 is 10.2 Å². The maximum atomic E-state index is 12.5. The van der Waals surface area contributed by atoms with E-state index in [-0.39, 0.29) is 17.9 Å². The number of anilines is 1. The molecule has 5 rings (SSSR count). The van der Waals surface area contributed by atoms with Gasteiger partial charge in [0.1, 0.15) is 0 Å². The van der Waals surface area contributed by atoms with Gasteiger partial charge in [-0.1, -0.05) is 30.4 Å². The summed E-state index contributed by atoms with van der Waals surface area (Å²) in [5.74, 6) is 1.13. The fraction of sp³-hybridized carbons (Fsp3) is 0.478. The molecular formula is C23H27N3O2. The number of carbonyl (C=O) groups is 1. The van der Waals surface area contributed by atoms with Crippen molar-refractivity contribution in [3.63, 3.8) is 0 Å². The van der Waals surface area contributed by atoms with E-state index in [4.69, 9.17) is 0 Å². The fourth-order valence-electron chi connectivity index (χ4n) is 5.27. The summed E-state index contributed by atoms with van der Waals surface area (Å²) in [5.41, 5.74) is 2.25. The van der Waals surface area contributed by atoms with E-state index in [0.717, 1.165) is 44.3 Å². The van der Waals surface area contributed by atoms with Crippen LogP contribution in [0.2, 0.25) is 0 Å². The Morgan fingerprint density at radius 2 is 1.82 bits per heavy atom. The zero-order valence-electron chi connectivity index (χ0n) is 16.0. The molecular weight excluding hydrogens is 350 g/mol. The number of hydrogen-bond acceptors (Lipinski definition) is 4. The molecule has 2 aromatic rings. The first-order chi connectivity index (χ1) is 13.7. The number of allylic oxidation sites excluding steroid dienone is 2. The molecule has 5 heteroatoms. The average molecular weight is 377 g/mol. The largest absolute Gasteiger partial charge is 0.391 e. The van der Waals surface area contributed by atoms with Crippen LogP contribution in [0.5, 0.6) is 0 Å². The molecule has 0 spiro atoms. The summed E-state index contributed by atoms with van der Waals surface area (Å²) in [4.78, 5) is 19.4. The highest BCUT2D eigenvalue weighted by Gasteiger charge is 2.42. The Morgan fingerprint density at radius 3 is 2.64 bits per heavy atom. The quantitative estimate of drug-likeness (QED) is 0.808. The molecule has 1 amide bonds. The number of carbonyl (C=O) groups excluding carboxylic acids is 1. The molecule has 1 saturated heterocycles. The molecule has 0 unspecified atom stereocenters. The number of benzene rings is 1. The summed E-state index contributed by atoms with van der Waals surface area (Å²) in [6.07, 6.45) is 8.85. The van der Waals surface area contributed by atoms with Crippen LogP contribution in [0.25, 0.3) is 10.9 Å². The van der Waals surface area contributed by atoms with E-state index < -0.39 is 6.10 Å².